The molecule has 218 valence electrons. The molecule has 4 aromatic heterocycles. The Kier molecular flexibility index (Phi) is 8.43. The molecule has 14 heteroatoms. The number of nitrogens with one attached hydrogen (secondary N) is 2. The Morgan fingerprint density at radius 2 is 1.98 bits per heavy atom. The summed E-state index contributed by atoms with van der Waals surface area (Å²) in [6.45, 7) is 0.813. The largest absolute Gasteiger partial charge is 0.416 e. The first-order valence-electron chi connectivity index (χ1n) is 13.3. The highest BCUT2D eigenvalue weighted by Gasteiger charge is 2.31. The second kappa shape index (κ2) is 12.3. The fraction of sp³-hybridized carbons (Fsp3) is 0.286. The monoisotopic (exact) mass is 579 g/mol. The topological polar surface area (TPSA) is 161 Å². The highest BCUT2D eigenvalue weighted by Crippen LogP contribution is 2.31. The highest BCUT2D eigenvalue weighted by atomic mass is 19.4. The number of nitrogens with two attached hydrogens (primary N) is 1. The Morgan fingerprint density at radius 3 is 2.76 bits per heavy atom. The number of H-pyrrole nitrogens is 1. The van der Waals surface area contributed by atoms with Crippen molar-refractivity contribution in [2.45, 2.75) is 44.8 Å². The zero-order valence-electron chi connectivity index (χ0n) is 22.4. The minimum atomic E-state index is -4.53. The van der Waals surface area contributed by atoms with Gasteiger partial charge >= 0.3 is 6.18 Å². The van der Waals surface area contributed by atoms with Crippen molar-refractivity contribution in [1.29, 1.82) is 0 Å². The molecule has 0 unspecified atom stereocenters. The molecule has 11 nitrogen and oxygen atoms in total. The van der Waals surface area contributed by atoms with Crippen LogP contribution in [0.2, 0.25) is 0 Å². The molecule has 0 aromatic carbocycles. The summed E-state index contributed by atoms with van der Waals surface area (Å²) >= 11 is 0. The zero-order valence-corrected chi connectivity index (χ0v) is 22.4. The van der Waals surface area contributed by atoms with Crippen LogP contribution in [-0.2, 0) is 30.4 Å². The summed E-state index contributed by atoms with van der Waals surface area (Å²) in [5.74, 6) is -0.500. The number of anilines is 2. The molecule has 0 saturated heterocycles. The van der Waals surface area contributed by atoms with Gasteiger partial charge in [0.05, 0.1) is 35.5 Å². The molecule has 0 spiro atoms. The molecule has 5 N–H and O–H groups in total. The number of aliphatic hydroxyl groups is 1. The fourth-order valence-electron chi connectivity index (χ4n) is 4.68. The number of aromatic amines is 1. The Balaban J connectivity index is 0.000000244. The molecule has 4 heterocycles. The van der Waals surface area contributed by atoms with Crippen LogP contribution in [0.1, 0.15) is 41.8 Å². The first-order chi connectivity index (χ1) is 20.2. The van der Waals surface area contributed by atoms with E-state index >= 15 is 0 Å². The van der Waals surface area contributed by atoms with Crippen molar-refractivity contribution >= 4 is 34.1 Å². The molecule has 0 radical (unpaired) electrons. The van der Waals surface area contributed by atoms with Gasteiger partial charge in [0.2, 0.25) is 0 Å². The first-order valence-corrected chi connectivity index (χ1v) is 13.3. The summed E-state index contributed by atoms with van der Waals surface area (Å²) in [6.07, 6.45) is 11.8. The molecule has 0 atom stereocenters. The number of hydrogen-bond acceptors (Lipinski definition) is 8. The van der Waals surface area contributed by atoms with Crippen LogP contribution < -0.4 is 11.1 Å². The van der Waals surface area contributed by atoms with E-state index in [1.54, 1.807) is 18.2 Å². The molecule has 0 fully saturated rings. The number of amides is 1. The molecule has 42 heavy (non-hydrogen) atoms. The highest BCUT2D eigenvalue weighted by molar-refractivity contribution is 6.06. The van der Waals surface area contributed by atoms with E-state index in [0.717, 1.165) is 30.3 Å². The molecule has 0 aliphatic heterocycles. The maximum absolute atomic E-state index is 12.8. The predicted molar refractivity (Wildman–Crippen MR) is 150 cm³/mol. The van der Waals surface area contributed by atoms with Gasteiger partial charge in [-0.1, -0.05) is 18.2 Å². The number of rotatable bonds is 5. The van der Waals surface area contributed by atoms with Crippen LogP contribution in [0.5, 0.6) is 0 Å². The summed E-state index contributed by atoms with van der Waals surface area (Å²) in [7, 11) is 0. The van der Waals surface area contributed by atoms with Gasteiger partial charge < -0.3 is 16.2 Å². The maximum atomic E-state index is 12.8. The number of nitrogens with zero attached hydrogens (tertiary/aromatic N) is 6. The second-order valence-electron chi connectivity index (χ2n) is 9.62. The number of aliphatic hydroxyl groups excluding tert-OH is 1. The third kappa shape index (κ3) is 6.54. The molecular weight excluding hydrogens is 551 g/mol. The minimum Gasteiger partial charge on any atom is -0.394 e. The third-order valence-electron chi connectivity index (χ3n) is 6.74. The van der Waals surface area contributed by atoms with E-state index in [9.17, 15) is 18.0 Å². The second-order valence-corrected chi connectivity index (χ2v) is 9.62. The molecule has 0 saturated carbocycles. The number of alkyl halides is 3. The van der Waals surface area contributed by atoms with E-state index < -0.39 is 17.6 Å². The van der Waals surface area contributed by atoms with Crippen LogP contribution in [0, 0.1) is 0 Å². The van der Waals surface area contributed by atoms with Gasteiger partial charge in [-0.2, -0.15) is 23.4 Å². The first kappa shape index (κ1) is 28.7. The molecule has 1 amide bonds. The van der Waals surface area contributed by atoms with E-state index in [4.69, 9.17) is 10.8 Å². The van der Waals surface area contributed by atoms with Crippen molar-refractivity contribution < 1.29 is 23.1 Å². The average Bonchev–Trinajstić information content (AvgIpc) is 3.50. The van der Waals surface area contributed by atoms with Gasteiger partial charge in [-0.25, -0.2) is 15.0 Å². The smallest absolute Gasteiger partial charge is 0.394 e. The number of allylic oxidation sites excluding steroid dienone is 4. The van der Waals surface area contributed by atoms with Crippen LogP contribution in [0.3, 0.4) is 0 Å². The molecule has 6 rings (SSSR count). The van der Waals surface area contributed by atoms with Gasteiger partial charge in [0, 0.05) is 18.0 Å². The van der Waals surface area contributed by atoms with Crippen molar-refractivity contribution in [1.82, 2.24) is 34.9 Å². The van der Waals surface area contributed by atoms with Gasteiger partial charge in [-0.3, -0.25) is 14.6 Å². The molecule has 2 aliphatic carbocycles. The number of aryl methyl sites for hydroxylation is 2. The van der Waals surface area contributed by atoms with E-state index in [1.807, 2.05) is 10.8 Å². The zero-order chi connectivity index (χ0) is 29.7. The summed E-state index contributed by atoms with van der Waals surface area (Å²) in [5, 5.41) is 23.0. The van der Waals surface area contributed by atoms with Crippen LogP contribution in [0.25, 0.3) is 16.6 Å². The summed E-state index contributed by atoms with van der Waals surface area (Å²) in [4.78, 5) is 24.3. The molecular formula is C28H28F3N9O2. The van der Waals surface area contributed by atoms with Crippen molar-refractivity contribution in [2.24, 2.45) is 0 Å². The predicted octanol–water partition coefficient (Wildman–Crippen LogP) is 4.01. The van der Waals surface area contributed by atoms with E-state index in [2.05, 4.69) is 41.8 Å². The van der Waals surface area contributed by atoms with Crippen LogP contribution >= 0.6 is 0 Å². The number of hydrogen-bond donors (Lipinski definition) is 4. The lowest BCUT2D eigenvalue weighted by molar-refractivity contribution is -0.137. The Morgan fingerprint density at radius 1 is 1.14 bits per heavy atom. The van der Waals surface area contributed by atoms with Crippen molar-refractivity contribution in [2.75, 3.05) is 17.7 Å². The summed E-state index contributed by atoms with van der Waals surface area (Å²) in [6, 6.07) is 1.61. The van der Waals surface area contributed by atoms with Crippen molar-refractivity contribution in [3.05, 3.63) is 83.2 Å². The van der Waals surface area contributed by atoms with Gasteiger partial charge in [0.1, 0.15) is 18.0 Å². The lowest BCUT2D eigenvalue weighted by Crippen LogP contribution is -2.15. The Hall–Kier alpha value is -4.85. The minimum absolute atomic E-state index is 0.181. The quantitative estimate of drug-likeness (QED) is 0.276. The van der Waals surface area contributed by atoms with E-state index in [1.165, 1.54) is 36.8 Å². The molecule has 0 bridgehead atoms. The van der Waals surface area contributed by atoms with Crippen LogP contribution in [-0.4, -0.2) is 52.6 Å². The fourth-order valence-corrected chi connectivity index (χ4v) is 4.68. The molecule has 4 aromatic rings. The SMILES string of the molecule is Nc1ncnc2n[nH]c(C3=CCC=C(C(=O)Nc4cc(C(F)(F)F)ccn4)C=C3)c12.OCCn1cc2c(n1)CCCC2. The number of fused-ring (bicyclic) bond motifs is 2. The van der Waals surface area contributed by atoms with Crippen molar-refractivity contribution in [3.8, 4) is 0 Å². The lowest BCUT2D eigenvalue weighted by Gasteiger charge is -2.09. The maximum Gasteiger partial charge on any atom is 0.416 e. The Labute approximate surface area is 238 Å². The number of carbonyl (C=O) groups excluding carboxylic acids is 1. The van der Waals surface area contributed by atoms with Crippen molar-refractivity contribution in [3.63, 3.8) is 0 Å². The van der Waals surface area contributed by atoms with Crippen LogP contribution in [0.15, 0.2) is 60.7 Å². The average molecular weight is 580 g/mol. The third-order valence-corrected chi connectivity index (χ3v) is 6.74. The standard InChI is InChI=1S/C19H14F3N7O.C9H14N2O/c20-19(21,22)12-6-7-24-13(8-12)27-18(30)11-3-1-2-10(4-5-11)15-14-16(23)25-9-26-17(14)29-28-15;12-6-5-11-7-8-3-1-2-4-9(8)10-11/h2-9H,1H2,(H,24,27,30)(H3,23,25,26,28,29);7,12H,1-6H2. The number of pyridine rings is 1. The number of nitrogen functional groups attached to an aromatic ring is 1. The van der Waals surface area contributed by atoms with E-state index in [-0.39, 0.29) is 23.8 Å². The summed E-state index contributed by atoms with van der Waals surface area (Å²) < 4.78 is 40.4. The number of halogens is 3. The van der Waals surface area contributed by atoms with Crippen LogP contribution in [0.4, 0.5) is 24.8 Å². The number of carbonyl (C=O) groups is 1. The van der Waals surface area contributed by atoms with Gasteiger partial charge in [-0.15, -0.1) is 0 Å². The lowest BCUT2D eigenvalue weighted by atomic mass is 9.99. The number of aromatic nitrogens is 7. The van der Waals surface area contributed by atoms with Gasteiger partial charge in [0.15, 0.2) is 5.65 Å². The van der Waals surface area contributed by atoms with E-state index in [0.29, 0.717) is 29.7 Å². The molecule has 2 aliphatic rings. The Bertz CT molecular complexity index is 1660. The van der Waals surface area contributed by atoms with Gasteiger partial charge in [-0.05, 0) is 61.4 Å². The summed E-state index contributed by atoms with van der Waals surface area (Å²) in [5.41, 5.74) is 9.67. The normalized spacial score (nSPS) is 14.8. The van der Waals surface area contributed by atoms with Gasteiger partial charge in [0.25, 0.3) is 5.91 Å².